The van der Waals surface area contributed by atoms with E-state index in [1.165, 1.54) is 0 Å². The smallest absolute Gasteiger partial charge is 0.214 e. The number of anilines is 1. The Labute approximate surface area is 109 Å². The van der Waals surface area contributed by atoms with Crippen molar-refractivity contribution in [3.8, 4) is 0 Å². The molecule has 0 aliphatic rings. The van der Waals surface area contributed by atoms with E-state index in [4.69, 9.17) is 17.1 Å². The van der Waals surface area contributed by atoms with Crippen molar-refractivity contribution < 1.29 is 0 Å². The van der Waals surface area contributed by atoms with Gasteiger partial charge in [-0.15, -0.1) is 0 Å². The molecular weight excluding hydrogens is 250 g/mol. The summed E-state index contributed by atoms with van der Waals surface area (Å²) in [6.45, 7) is 1.34. The maximum Gasteiger partial charge on any atom is 0.214 e. The fourth-order valence-corrected chi connectivity index (χ4v) is 1.86. The summed E-state index contributed by atoms with van der Waals surface area (Å²) < 4.78 is 0. The van der Waals surface area contributed by atoms with Crippen molar-refractivity contribution in [3.05, 3.63) is 35.5 Å². The number of hydrogen-bond donors (Lipinski definition) is 2. The lowest BCUT2D eigenvalue weighted by atomic mass is 10.2. The van der Waals surface area contributed by atoms with Gasteiger partial charge in [0.05, 0.1) is 5.52 Å². The highest BCUT2D eigenvalue weighted by molar-refractivity contribution is 6.31. The Morgan fingerprint density at radius 3 is 3.11 bits per heavy atom. The predicted molar refractivity (Wildman–Crippen MR) is 72.0 cm³/mol. The average Bonchev–Trinajstić information content (AvgIpc) is 2.38. The third kappa shape index (κ3) is 3.03. The number of nitrogens with one attached hydrogen (secondary N) is 2. The minimum Gasteiger partial charge on any atom is -0.384 e. The van der Waals surface area contributed by atoms with Crippen LogP contribution in [0.2, 0.25) is 5.02 Å². The summed E-state index contributed by atoms with van der Waals surface area (Å²) in [6, 6.07) is 7.58. The first kappa shape index (κ1) is 12.5. The van der Waals surface area contributed by atoms with Crippen molar-refractivity contribution in [1.82, 2.24) is 9.90 Å². The summed E-state index contributed by atoms with van der Waals surface area (Å²) in [6.07, 6.45) is 2.59. The first-order chi connectivity index (χ1) is 8.81. The molecule has 0 radical (unpaired) electrons. The molecule has 0 amide bonds. The van der Waals surface area contributed by atoms with E-state index in [1.807, 2.05) is 24.3 Å². The Morgan fingerprint density at radius 1 is 1.39 bits per heavy atom. The SMILES string of the molecule is N=[N+]=NCCCNc1ccnc2cc(Cl)ccc12. The predicted octanol–water partition coefficient (Wildman–Crippen LogP) is 3.24. The lowest BCUT2D eigenvalue weighted by molar-refractivity contribution is 0.792. The molecule has 0 fully saturated rings. The molecule has 0 spiro atoms. The van der Waals surface area contributed by atoms with Gasteiger partial charge >= 0.3 is 0 Å². The second-order valence-electron chi connectivity index (χ2n) is 3.77. The van der Waals surface area contributed by atoms with E-state index >= 15 is 0 Å². The van der Waals surface area contributed by atoms with E-state index in [-0.39, 0.29) is 0 Å². The van der Waals surface area contributed by atoms with Crippen molar-refractivity contribution >= 4 is 28.2 Å². The van der Waals surface area contributed by atoms with Crippen molar-refractivity contribution in [1.29, 1.82) is 5.53 Å². The first-order valence-electron chi connectivity index (χ1n) is 5.62. The van der Waals surface area contributed by atoms with Crippen LogP contribution in [0.1, 0.15) is 6.42 Å². The average molecular weight is 263 g/mol. The maximum atomic E-state index is 6.55. The van der Waals surface area contributed by atoms with Crippen molar-refractivity contribution in [2.24, 2.45) is 5.11 Å². The number of aromatic nitrogens is 1. The summed E-state index contributed by atoms with van der Waals surface area (Å²) in [7, 11) is 0. The molecule has 0 atom stereocenters. The second-order valence-corrected chi connectivity index (χ2v) is 4.20. The molecule has 6 heteroatoms. The number of rotatable bonds is 5. The lowest BCUT2D eigenvalue weighted by Gasteiger charge is -2.08. The van der Waals surface area contributed by atoms with Gasteiger partial charge in [0.15, 0.2) is 0 Å². The van der Waals surface area contributed by atoms with Gasteiger partial charge in [-0.25, -0.2) is 0 Å². The van der Waals surface area contributed by atoms with Gasteiger partial charge in [-0.1, -0.05) is 11.6 Å². The summed E-state index contributed by atoms with van der Waals surface area (Å²) in [5.41, 5.74) is 8.45. The van der Waals surface area contributed by atoms with E-state index in [0.717, 1.165) is 29.6 Å². The molecular formula is C12H13ClN5+. The Hall–Kier alpha value is -1.97. The summed E-state index contributed by atoms with van der Waals surface area (Å²) >= 11 is 5.93. The van der Waals surface area contributed by atoms with Crippen LogP contribution in [0.25, 0.3) is 10.9 Å². The van der Waals surface area contributed by atoms with Gasteiger partial charge in [-0.05, 0) is 30.7 Å². The monoisotopic (exact) mass is 262 g/mol. The molecule has 0 unspecified atom stereocenters. The molecule has 0 saturated carbocycles. The van der Waals surface area contributed by atoms with Crippen LogP contribution in [-0.2, 0) is 0 Å². The zero-order valence-electron chi connectivity index (χ0n) is 9.73. The molecule has 2 N–H and O–H groups in total. The number of halogens is 1. The number of benzene rings is 1. The summed E-state index contributed by atoms with van der Waals surface area (Å²) in [5, 5.41) is 8.65. The number of hydrogen-bond acceptors (Lipinski definition) is 4. The standard InChI is InChI=1S/C12H13ClN5/c13-9-2-3-10-11(4-7-16-12(10)8-9)15-5-1-6-17-18-14/h2-4,7-8,14H,1,5-6H2,(H,15,16)/q+1. The number of fused-ring (bicyclic) bond motifs is 1. The topological polar surface area (TPSA) is 75.2 Å². The molecule has 0 aliphatic carbocycles. The highest BCUT2D eigenvalue weighted by Crippen LogP contribution is 2.24. The van der Waals surface area contributed by atoms with E-state index in [1.54, 1.807) is 6.20 Å². The largest absolute Gasteiger partial charge is 0.384 e. The summed E-state index contributed by atoms with van der Waals surface area (Å²) in [4.78, 5) is 7.24. The van der Waals surface area contributed by atoms with Gasteiger partial charge in [0.25, 0.3) is 0 Å². The number of nitrogens with zero attached hydrogens (tertiary/aromatic N) is 3. The normalized spacial score (nSPS) is 10.1. The quantitative estimate of drug-likeness (QED) is 0.493. The van der Waals surface area contributed by atoms with E-state index in [0.29, 0.717) is 11.6 Å². The molecule has 2 aromatic rings. The Bertz CT molecular complexity index is 592. The first-order valence-corrected chi connectivity index (χ1v) is 6.00. The lowest BCUT2D eigenvalue weighted by Crippen LogP contribution is -2.03. The summed E-state index contributed by atoms with van der Waals surface area (Å²) in [5.74, 6) is 0. The molecule has 0 bridgehead atoms. The van der Waals surface area contributed by atoms with Crippen LogP contribution < -0.4 is 10.2 Å². The molecule has 18 heavy (non-hydrogen) atoms. The van der Waals surface area contributed by atoms with Crippen LogP contribution in [0.3, 0.4) is 0 Å². The van der Waals surface area contributed by atoms with Crippen molar-refractivity contribution in [3.63, 3.8) is 0 Å². The minimum atomic E-state index is 0.561. The zero-order valence-corrected chi connectivity index (χ0v) is 10.5. The van der Waals surface area contributed by atoms with Crippen LogP contribution in [0.4, 0.5) is 5.69 Å². The minimum absolute atomic E-state index is 0.561. The van der Waals surface area contributed by atoms with Gasteiger partial charge in [0.2, 0.25) is 4.91 Å². The Kier molecular flexibility index (Phi) is 4.23. The molecule has 5 nitrogen and oxygen atoms in total. The van der Waals surface area contributed by atoms with E-state index in [2.05, 4.69) is 20.3 Å². The van der Waals surface area contributed by atoms with Gasteiger partial charge in [0.1, 0.15) is 17.2 Å². The third-order valence-corrected chi connectivity index (χ3v) is 2.76. The van der Waals surface area contributed by atoms with Crippen LogP contribution in [0.5, 0.6) is 0 Å². The van der Waals surface area contributed by atoms with Crippen LogP contribution in [-0.4, -0.2) is 18.1 Å². The van der Waals surface area contributed by atoms with Gasteiger partial charge < -0.3 is 5.32 Å². The van der Waals surface area contributed by atoms with Crippen molar-refractivity contribution in [2.75, 3.05) is 18.4 Å². The number of pyridine rings is 1. The molecule has 1 aromatic carbocycles. The molecule has 92 valence electrons. The molecule has 2 rings (SSSR count). The van der Waals surface area contributed by atoms with Gasteiger partial charge in [-0.2, -0.15) is 0 Å². The fraction of sp³-hybridized carbons (Fsp3) is 0.250. The Balaban J connectivity index is 2.10. The van der Waals surface area contributed by atoms with E-state index < -0.39 is 0 Å². The molecule has 1 heterocycles. The molecule has 1 aromatic heterocycles. The Morgan fingerprint density at radius 2 is 2.28 bits per heavy atom. The maximum absolute atomic E-state index is 6.55. The van der Waals surface area contributed by atoms with E-state index in [9.17, 15) is 0 Å². The van der Waals surface area contributed by atoms with Crippen LogP contribution in [0, 0.1) is 5.53 Å². The van der Waals surface area contributed by atoms with Gasteiger partial charge in [0, 0.05) is 28.8 Å². The fourth-order valence-electron chi connectivity index (χ4n) is 1.70. The zero-order chi connectivity index (χ0) is 12.8. The van der Waals surface area contributed by atoms with Crippen molar-refractivity contribution in [2.45, 2.75) is 6.42 Å². The highest BCUT2D eigenvalue weighted by Gasteiger charge is 2.02. The molecule has 0 aliphatic heterocycles. The highest BCUT2D eigenvalue weighted by atomic mass is 35.5. The van der Waals surface area contributed by atoms with Gasteiger partial charge in [-0.3, -0.25) is 4.98 Å². The van der Waals surface area contributed by atoms with Crippen LogP contribution >= 0.6 is 11.6 Å². The second kappa shape index (κ2) is 6.10. The third-order valence-electron chi connectivity index (χ3n) is 2.53. The molecule has 0 saturated heterocycles. The van der Waals surface area contributed by atoms with Crippen LogP contribution in [0.15, 0.2) is 35.6 Å².